The van der Waals surface area contributed by atoms with Gasteiger partial charge in [-0.2, -0.15) is 0 Å². The van der Waals surface area contributed by atoms with Crippen molar-refractivity contribution in [1.82, 2.24) is 14.9 Å². The van der Waals surface area contributed by atoms with Crippen LogP contribution in [0, 0.1) is 0 Å². The van der Waals surface area contributed by atoms with Crippen LogP contribution in [0.3, 0.4) is 0 Å². The first-order valence-corrected chi connectivity index (χ1v) is 8.58. The molecule has 3 rings (SSSR count). The van der Waals surface area contributed by atoms with Crippen LogP contribution < -0.4 is 4.90 Å². The standard InChI is InChI=1S/C17H28N4O2/c1-20(2)16-15(18-7-8-19-16)14-3-9-21(10-4-14)13-17(22)5-11-23-12-6-17/h7-8,14,22H,3-6,9-13H2,1-2H3. The van der Waals surface area contributed by atoms with Gasteiger partial charge in [0.2, 0.25) is 0 Å². The number of hydrogen-bond donors (Lipinski definition) is 1. The molecule has 0 amide bonds. The minimum atomic E-state index is -0.563. The van der Waals surface area contributed by atoms with Gasteiger partial charge < -0.3 is 19.6 Å². The predicted molar refractivity (Wildman–Crippen MR) is 89.8 cm³/mol. The number of aliphatic hydroxyl groups is 1. The third-order valence-electron chi connectivity index (χ3n) is 5.05. The zero-order valence-corrected chi connectivity index (χ0v) is 14.2. The van der Waals surface area contributed by atoms with Crippen LogP contribution >= 0.6 is 0 Å². The molecule has 0 aromatic carbocycles. The molecule has 6 heteroatoms. The maximum Gasteiger partial charge on any atom is 0.150 e. The fourth-order valence-corrected chi connectivity index (χ4v) is 3.66. The summed E-state index contributed by atoms with van der Waals surface area (Å²) in [5.41, 5.74) is 0.550. The number of anilines is 1. The lowest BCUT2D eigenvalue weighted by atomic mass is 9.89. The second-order valence-corrected chi connectivity index (χ2v) is 7.05. The van der Waals surface area contributed by atoms with E-state index in [-0.39, 0.29) is 0 Å². The van der Waals surface area contributed by atoms with E-state index >= 15 is 0 Å². The van der Waals surface area contributed by atoms with Crippen molar-refractivity contribution in [3.05, 3.63) is 18.1 Å². The lowest BCUT2D eigenvalue weighted by Crippen LogP contribution is -2.48. The van der Waals surface area contributed by atoms with E-state index in [4.69, 9.17) is 4.74 Å². The molecule has 1 aromatic heterocycles. The van der Waals surface area contributed by atoms with Crippen LogP contribution in [-0.2, 0) is 4.74 Å². The summed E-state index contributed by atoms with van der Waals surface area (Å²) in [5.74, 6) is 1.44. The Morgan fingerprint density at radius 3 is 2.52 bits per heavy atom. The second-order valence-electron chi connectivity index (χ2n) is 7.05. The van der Waals surface area contributed by atoms with Crippen molar-refractivity contribution in [2.24, 2.45) is 0 Å². The fraction of sp³-hybridized carbons (Fsp3) is 0.765. The molecule has 3 heterocycles. The van der Waals surface area contributed by atoms with Crippen LogP contribution in [0.2, 0.25) is 0 Å². The largest absolute Gasteiger partial charge is 0.388 e. The van der Waals surface area contributed by atoms with Crippen LogP contribution in [0.1, 0.15) is 37.3 Å². The molecule has 128 valence electrons. The number of ether oxygens (including phenoxy) is 1. The Balaban J connectivity index is 1.58. The second kappa shape index (κ2) is 7.11. The number of likely N-dealkylation sites (tertiary alicyclic amines) is 1. The van der Waals surface area contributed by atoms with Crippen molar-refractivity contribution < 1.29 is 9.84 Å². The van der Waals surface area contributed by atoms with Gasteiger partial charge in [0, 0.05) is 65.0 Å². The highest BCUT2D eigenvalue weighted by Crippen LogP contribution is 2.32. The Hall–Kier alpha value is -1.24. The minimum absolute atomic E-state index is 0.460. The van der Waals surface area contributed by atoms with Crippen molar-refractivity contribution >= 4 is 5.82 Å². The topological polar surface area (TPSA) is 61.7 Å². The smallest absolute Gasteiger partial charge is 0.150 e. The van der Waals surface area contributed by atoms with E-state index in [1.807, 2.05) is 19.0 Å². The first-order valence-electron chi connectivity index (χ1n) is 8.58. The number of nitrogens with zero attached hydrogens (tertiary/aromatic N) is 4. The molecule has 0 aliphatic carbocycles. The summed E-state index contributed by atoms with van der Waals surface area (Å²) >= 11 is 0. The van der Waals surface area contributed by atoms with Crippen LogP contribution in [0.15, 0.2) is 12.4 Å². The van der Waals surface area contributed by atoms with Gasteiger partial charge in [-0.1, -0.05) is 0 Å². The van der Waals surface area contributed by atoms with Crippen molar-refractivity contribution in [3.63, 3.8) is 0 Å². The molecule has 2 fully saturated rings. The molecule has 0 unspecified atom stereocenters. The molecule has 2 aliphatic heterocycles. The van der Waals surface area contributed by atoms with Crippen LogP contribution in [0.25, 0.3) is 0 Å². The molecule has 0 radical (unpaired) electrons. The summed E-state index contributed by atoms with van der Waals surface area (Å²) in [5, 5.41) is 10.7. The van der Waals surface area contributed by atoms with E-state index in [9.17, 15) is 5.11 Å². The minimum Gasteiger partial charge on any atom is -0.388 e. The van der Waals surface area contributed by atoms with Gasteiger partial charge in [-0.15, -0.1) is 0 Å². The Morgan fingerprint density at radius 1 is 1.22 bits per heavy atom. The number of rotatable bonds is 4. The highest BCUT2D eigenvalue weighted by molar-refractivity contribution is 5.43. The summed E-state index contributed by atoms with van der Waals surface area (Å²) < 4.78 is 5.37. The van der Waals surface area contributed by atoms with Gasteiger partial charge >= 0.3 is 0 Å². The Kier molecular flexibility index (Phi) is 5.14. The zero-order chi connectivity index (χ0) is 16.3. The lowest BCUT2D eigenvalue weighted by molar-refractivity contribution is -0.0821. The van der Waals surface area contributed by atoms with Gasteiger partial charge in [-0.25, -0.2) is 4.98 Å². The van der Waals surface area contributed by atoms with E-state index in [1.165, 1.54) is 0 Å². The van der Waals surface area contributed by atoms with E-state index in [0.717, 1.165) is 56.8 Å². The van der Waals surface area contributed by atoms with Gasteiger partial charge in [0.25, 0.3) is 0 Å². The van der Waals surface area contributed by atoms with Gasteiger partial charge in [-0.3, -0.25) is 4.98 Å². The average Bonchev–Trinajstić information content (AvgIpc) is 2.56. The van der Waals surface area contributed by atoms with Gasteiger partial charge in [0.05, 0.1) is 11.3 Å². The first kappa shape index (κ1) is 16.6. The van der Waals surface area contributed by atoms with Crippen molar-refractivity contribution in [1.29, 1.82) is 0 Å². The van der Waals surface area contributed by atoms with Crippen molar-refractivity contribution in [2.45, 2.75) is 37.2 Å². The molecular weight excluding hydrogens is 292 g/mol. The van der Waals surface area contributed by atoms with E-state index in [0.29, 0.717) is 19.1 Å². The molecule has 1 N–H and O–H groups in total. The predicted octanol–water partition coefficient (Wildman–Crippen LogP) is 1.26. The zero-order valence-electron chi connectivity index (χ0n) is 14.2. The molecule has 0 saturated carbocycles. The Labute approximate surface area is 138 Å². The van der Waals surface area contributed by atoms with Gasteiger partial charge in [-0.05, 0) is 25.9 Å². The normalized spacial score (nSPS) is 22.9. The van der Waals surface area contributed by atoms with Crippen LogP contribution in [-0.4, -0.2) is 72.5 Å². The summed E-state index contributed by atoms with van der Waals surface area (Å²) in [6.45, 7) is 4.15. The van der Waals surface area contributed by atoms with E-state index in [1.54, 1.807) is 12.4 Å². The highest BCUT2D eigenvalue weighted by Gasteiger charge is 2.34. The van der Waals surface area contributed by atoms with Crippen molar-refractivity contribution in [2.75, 3.05) is 51.8 Å². The molecule has 6 nitrogen and oxygen atoms in total. The third kappa shape index (κ3) is 4.00. The van der Waals surface area contributed by atoms with Crippen LogP contribution in [0.4, 0.5) is 5.82 Å². The fourth-order valence-electron chi connectivity index (χ4n) is 3.66. The quantitative estimate of drug-likeness (QED) is 0.901. The molecular formula is C17H28N4O2. The number of aromatic nitrogens is 2. The monoisotopic (exact) mass is 320 g/mol. The number of piperidine rings is 1. The summed E-state index contributed by atoms with van der Waals surface area (Å²) in [6.07, 6.45) is 7.20. The molecule has 1 aromatic rings. The molecule has 2 saturated heterocycles. The first-order chi connectivity index (χ1) is 11.1. The lowest BCUT2D eigenvalue weighted by Gasteiger charge is -2.40. The van der Waals surface area contributed by atoms with Crippen LogP contribution in [0.5, 0.6) is 0 Å². The highest BCUT2D eigenvalue weighted by atomic mass is 16.5. The maximum absolute atomic E-state index is 10.7. The molecule has 23 heavy (non-hydrogen) atoms. The maximum atomic E-state index is 10.7. The van der Waals surface area contributed by atoms with Gasteiger partial charge in [0.15, 0.2) is 0 Å². The molecule has 0 bridgehead atoms. The number of β-amino-alcohol motifs (C(OH)–C–C–N with tert-alkyl or cyclic N) is 1. The van der Waals surface area contributed by atoms with Crippen molar-refractivity contribution in [3.8, 4) is 0 Å². The molecule has 0 atom stereocenters. The summed E-state index contributed by atoms with van der Waals surface area (Å²) in [4.78, 5) is 13.5. The third-order valence-corrected chi connectivity index (χ3v) is 5.05. The average molecular weight is 320 g/mol. The van der Waals surface area contributed by atoms with Gasteiger partial charge in [0.1, 0.15) is 5.82 Å². The van der Waals surface area contributed by atoms with E-state index < -0.39 is 5.60 Å². The number of hydrogen-bond acceptors (Lipinski definition) is 6. The van der Waals surface area contributed by atoms with E-state index in [2.05, 4.69) is 14.9 Å². The Bertz CT molecular complexity index is 509. The SMILES string of the molecule is CN(C)c1nccnc1C1CCN(CC2(O)CCOCC2)CC1. The Morgan fingerprint density at radius 2 is 1.87 bits per heavy atom. The molecule has 2 aliphatic rings. The molecule has 0 spiro atoms. The summed E-state index contributed by atoms with van der Waals surface area (Å²) in [6, 6.07) is 0. The summed E-state index contributed by atoms with van der Waals surface area (Å²) in [7, 11) is 4.03.